The number of Topliss-reactive ketones (excluding diaryl/α,β-unsaturated/α-hetero) is 2. The fourth-order valence-corrected chi connectivity index (χ4v) is 3.87. The van der Waals surface area contributed by atoms with Crippen LogP contribution in [0, 0.1) is 23.2 Å². The Labute approximate surface area is 158 Å². The van der Waals surface area contributed by atoms with Crippen molar-refractivity contribution in [3.63, 3.8) is 0 Å². The first-order valence-electron chi connectivity index (χ1n) is 9.75. The molecule has 4 nitrogen and oxygen atoms in total. The van der Waals surface area contributed by atoms with Crippen molar-refractivity contribution >= 4 is 17.5 Å². The maximum atomic E-state index is 12.8. The Bertz CT molecular complexity index is 579. The highest BCUT2D eigenvalue weighted by Gasteiger charge is 2.45. The summed E-state index contributed by atoms with van der Waals surface area (Å²) in [4.78, 5) is 37.7. The monoisotopic (exact) mass is 362 g/mol. The summed E-state index contributed by atoms with van der Waals surface area (Å²) in [6, 6.07) is 0. The van der Waals surface area contributed by atoms with Crippen LogP contribution in [0.3, 0.4) is 0 Å². The third-order valence-corrected chi connectivity index (χ3v) is 5.65. The highest BCUT2D eigenvalue weighted by Crippen LogP contribution is 2.40. The van der Waals surface area contributed by atoms with Gasteiger partial charge in [-0.05, 0) is 37.7 Å². The molecule has 0 aromatic carbocycles. The van der Waals surface area contributed by atoms with Gasteiger partial charge in [-0.2, -0.15) is 0 Å². The van der Waals surface area contributed by atoms with Gasteiger partial charge in [0, 0.05) is 17.3 Å². The van der Waals surface area contributed by atoms with Crippen LogP contribution in [0.15, 0.2) is 23.8 Å². The zero-order chi connectivity index (χ0) is 19.9. The first kappa shape index (κ1) is 22.3. The van der Waals surface area contributed by atoms with E-state index in [2.05, 4.69) is 19.1 Å². The molecule has 2 atom stereocenters. The van der Waals surface area contributed by atoms with Crippen LogP contribution in [-0.4, -0.2) is 24.1 Å². The Hall–Kier alpha value is -1.71. The van der Waals surface area contributed by atoms with Gasteiger partial charge in [0.25, 0.3) is 0 Å². The van der Waals surface area contributed by atoms with E-state index in [4.69, 9.17) is 4.74 Å². The van der Waals surface area contributed by atoms with Crippen molar-refractivity contribution in [1.29, 1.82) is 0 Å². The SMILES string of the molecule is CCC(CC)(C(C)=O)C(CC(=O)OCC1=CC(C)CC=C1)C(=O)C(C)C. The van der Waals surface area contributed by atoms with Crippen molar-refractivity contribution < 1.29 is 19.1 Å². The lowest BCUT2D eigenvalue weighted by Crippen LogP contribution is -2.43. The molecule has 0 amide bonds. The van der Waals surface area contributed by atoms with E-state index in [1.54, 1.807) is 0 Å². The van der Waals surface area contributed by atoms with Gasteiger partial charge < -0.3 is 4.74 Å². The van der Waals surface area contributed by atoms with Crippen molar-refractivity contribution in [1.82, 2.24) is 0 Å². The van der Waals surface area contributed by atoms with E-state index in [0.717, 1.165) is 12.0 Å². The number of ketones is 2. The lowest BCUT2D eigenvalue weighted by molar-refractivity contribution is -0.151. The van der Waals surface area contributed by atoms with E-state index in [-0.39, 0.29) is 30.5 Å². The van der Waals surface area contributed by atoms with Crippen molar-refractivity contribution in [2.45, 2.75) is 67.2 Å². The minimum Gasteiger partial charge on any atom is -0.461 e. The molecule has 1 aliphatic carbocycles. The molecule has 146 valence electrons. The number of ether oxygens (including phenoxy) is 1. The average Bonchev–Trinajstić information content (AvgIpc) is 2.59. The summed E-state index contributed by atoms with van der Waals surface area (Å²) in [5, 5.41) is 0. The molecule has 4 heteroatoms. The first-order valence-corrected chi connectivity index (χ1v) is 9.75. The van der Waals surface area contributed by atoms with E-state index < -0.39 is 17.3 Å². The van der Waals surface area contributed by atoms with Gasteiger partial charge in [-0.3, -0.25) is 14.4 Å². The molecule has 0 fully saturated rings. The van der Waals surface area contributed by atoms with E-state index in [1.807, 2.05) is 33.8 Å². The molecule has 0 bridgehead atoms. The molecular formula is C22H34O4. The quantitative estimate of drug-likeness (QED) is 0.530. The van der Waals surface area contributed by atoms with E-state index in [9.17, 15) is 14.4 Å². The third-order valence-electron chi connectivity index (χ3n) is 5.65. The summed E-state index contributed by atoms with van der Waals surface area (Å²) in [5.41, 5.74) is 0.187. The molecule has 0 aliphatic heterocycles. The summed E-state index contributed by atoms with van der Waals surface area (Å²) in [6.07, 6.45) is 8.19. The van der Waals surface area contributed by atoms with E-state index in [0.29, 0.717) is 18.8 Å². The zero-order valence-electron chi connectivity index (χ0n) is 17.1. The van der Waals surface area contributed by atoms with E-state index in [1.165, 1.54) is 6.92 Å². The van der Waals surface area contributed by atoms with Crippen LogP contribution in [0.25, 0.3) is 0 Å². The maximum absolute atomic E-state index is 12.8. The Morgan fingerprint density at radius 3 is 2.31 bits per heavy atom. The van der Waals surface area contributed by atoms with Crippen molar-refractivity contribution in [3.8, 4) is 0 Å². The molecule has 26 heavy (non-hydrogen) atoms. The minimum absolute atomic E-state index is 0.0268. The van der Waals surface area contributed by atoms with Gasteiger partial charge in [0.1, 0.15) is 18.2 Å². The van der Waals surface area contributed by atoms with Crippen molar-refractivity contribution in [2.24, 2.45) is 23.2 Å². The van der Waals surface area contributed by atoms with Crippen LogP contribution in [0.2, 0.25) is 0 Å². The van der Waals surface area contributed by atoms with Crippen LogP contribution in [0.4, 0.5) is 0 Å². The number of esters is 1. The van der Waals surface area contributed by atoms with Crippen molar-refractivity contribution in [2.75, 3.05) is 6.61 Å². The van der Waals surface area contributed by atoms with E-state index >= 15 is 0 Å². The molecule has 0 aromatic heterocycles. The smallest absolute Gasteiger partial charge is 0.306 e. The highest BCUT2D eigenvalue weighted by atomic mass is 16.5. The largest absolute Gasteiger partial charge is 0.461 e. The number of rotatable bonds is 10. The predicted molar refractivity (Wildman–Crippen MR) is 104 cm³/mol. The van der Waals surface area contributed by atoms with Crippen LogP contribution in [0.5, 0.6) is 0 Å². The molecule has 0 aromatic rings. The summed E-state index contributed by atoms with van der Waals surface area (Å²) in [5.74, 6) is -0.891. The lowest BCUT2D eigenvalue weighted by Gasteiger charge is -2.37. The minimum atomic E-state index is -0.793. The molecule has 0 saturated heterocycles. The normalized spacial score (nSPS) is 18.4. The summed E-state index contributed by atoms with van der Waals surface area (Å²) in [7, 11) is 0. The zero-order valence-corrected chi connectivity index (χ0v) is 17.1. The van der Waals surface area contributed by atoms with Gasteiger partial charge in [0.15, 0.2) is 0 Å². The number of hydrogen-bond donors (Lipinski definition) is 0. The Morgan fingerprint density at radius 1 is 1.23 bits per heavy atom. The second kappa shape index (κ2) is 9.84. The first-order chi connectivity index (χ1) is 12.2. The number of hydrogen-bond acceptors (Lipinski definition) is 4. The summed E-state index contributed by atoms with van der Waals surface area (Å²) < 4.78 is 5.43. The standard InChI is InChI=1S/C22H34O4/c1-7-22(8-2,17(6)23)19(21(25)15(3)4)13-20(24)26-14-18-11-9-10-16(5)12-18/h9,11-12,15-16,19H,7-8,10,13-14H2,1-6H3. The second-order valence-electron chi connectivity index (χ2n) is 7.75. The van der Waals surface area contributed by atoms with Crippen molar-refractivity contribution in [3.05, 3.63) is 23.8 Å². The summed E-state index contributed by atoms with van der Waals surface area (Å²) in [6.45, 7) is 11.3. The van der Waals surface area contributed by atoms with Gasteiger partial charge in [0.2, 0.25) is 0 Å². The molecule has 0 spiro atoms. The molecule has 1 aliphatic rings. The van der Waals surface area contributed by atoms with Crippen LogP contribution >= 0.6 is 0 Å². The fourth-order valence-electron chi connectivity index (χ4n) is 3.87. The average molecular weight is 363 g/mol. The van der Waals surface area contributed by atoms with Crippen LogP contribution in [-0.2, 0) is 19.1 Å². The van der Waals surface area contributed by atoms with Crippen LogP contribution in [0.1, 0.15) is 67.2 Å². The molecule has 1 rings (SSSR count). The van der Waals surface area contributed by atoms with Gasteiger partial charge in [0.05, 0.1) is 6.42 Å². The topological polar surface area (TPSA) is 60.4 Å². The molecule has 0 radical (unpaired) electrons. The van der Waals surface area contributed by atoms with Gasteiger partial charge in [-0.25, -0.2) is 0 Å². The molecular weight excluding hydrogens is 328 g/mol. The summed E-state index contributed by atoms with van der Waals surface area (Å²) >= 11 is 0. The number of carbonyl (C=O) groups is 3. The third kappa shape index (κ3) is 5.39. The maximum Gasteiger partial charge on any atom is 0.306 e. The predicted octanol–water partition coefficient (Wildman–Crippen LogP) is 4.68. The Morgan fingerprint density at radius 2 is 1.85 bits per heavy atom. The molecule has 0 heterocycles. The van der Waals surface area contributed by atoms with Gasteiger partial charge >= 0.3 is 5.97 Å². The Kier molecular flexibility index (Phi) is 8.45. The van der Waals surface area contributed by atoms with Gasteiger partial charge in [-0.15, -0.1) is 0 Å². The fraction of sp³-hybridized carbons (Fsp3) is 0.682. The van der Waals surface area contributed by atoms with Gasteiger partial charge in [-0.1, -0.05) is 52.8 Å². The highest BCUT2D eigenvalue weighted by molar-refractivity contribution is 5.94. The van der Waals surface area contributed by atoms with Crippen LogP contribution < -0.4 is 0 Å². The molecule has 0 N–H and O–H groups in total. The number of allylic oxidation sites excluding steroid dienone is 2. The number of carbonyl (C=O) groups excluding carboxylic acids is 3. The molecule has 2 unspecified atom stereocenters. The lowest BCUT2D eigenvalue weighted by atomic mass is 9.64. The Balaban J connectivity index is 2.92. The second-order valence-corrected chi connectivity index (χ2v) is 7.75. The molecule has 0 saturated carbocycles.